The number of rotatable bonds is 1. The van der Waals surface area contributed by atoms with E-state index in [1.54, 1.807) is 6.92 Å². The van der Waals surface area contributed by atoms with Crippen molar-refractivity contribution in [2.24, 2.45) is 0 Å². The zero-order valence-electron chi connectivity index (χ0n) is 9.26. The summed E-state index contributed by atoms with van der Waals surface area (Å²) < 4.78 is 0. The molecule has 1 amide bonds. The number of nitrogens with one attached hydrogen (secondary N) is 1. The van der Waals surface area contributed by atoms with Crippen LogP contribution in [0.15, 0.2) is 6.20 Å². The molecule has 1 aromatic heterocycles. The highest BCUT2D eigenvalue weighted by atomic mass is 35.5. The molecule has 0 atom stereocenters. The fraction of sp³-hybridized carbons (Fsp3) is 0.500. The van der Waals surface area contributed by atoms with Gasteiger partial charge in [-0.05, 0) is 39.3 Å². The lowest BCUT2D eigenvalue weighted by Gasteiger charge is -2.20. The van der Waals surface area contributed by atoms with Crippen molar-refractivity contribution in [3.63, 3.8) is 0 Å². The molecule has 0 unspecified atom stereocenters. The smallest absolute Gasteiger partial charge is 0.255 e. The maximum Gasteiger partial charge on any atom is 0.255 e. The number of nitrogens with zero attached hydrogens (tertiary/aromatic N) is 2. The van der Waals surface area contributed by atoms with Crippen LogP contribution in [-0.2, 0) is 0 Å². The Kier molecular flexibility index (Phi) is 3.29. The van der Waals surface area contributed by atoms with E-state index < -0.39 is 0 Å². The van der Waals surface area contributed by atoms with Crippen LogP contribution in [0, 0.1) is 6.92 Å². The van der Waals surface area contributed by atoms with Crippen molar-refractivity contribution in [2.45, 2.75) is 33.2 Å². The molecule has 4 nitrogen and oxygen atoms in total. The van der Waals surface area contributed by atoms with Crippen molar-refractivity contribution >= 4 is 17.5 Å². The van der Waals surface area contributed by atoms with E-state index >= 15 is 0 Å². The predicted molar refractivity (Wildman–Crippen MR) is 59.0 cm³/mol. The van der Waals surface area contributed by atoms with Gasteiger partial charge in [-0.25, -0.2) is 9.97 Å². The molecule has 1 N–H and O–H groups in total. The maximum absolute atomic E-state index is 11.8. The molecule has 0 aliphatic rings. The third-order valence-corrected chi connectivity index (χ3v) is 1.87. The first kappa shape index (κ1) is 11.9. The Balaban J connectivity index is 2.92. The second-order valence-electron chi connectivity index (χ2n) is 4.34. The lowest BCUT2D eigenvalue weighted by atomic mass is 10.1. The van der Waals surface area contributed by atoms with E-state index in [1.165, 1.54) is 6.20 Å². The molecule has 1 aromatic rings. The van der Waals surface area contributed by atoms with Crippen molar-refractivity contribution in [1.82, 2.24) is 15.3 Å². The van der Waals surface area contributed by atoms with E-state index in [9.17, 15) is 4.79 Å². The van der Waals surface area contributed by atoms with Crippen LogP contribution in [0.4, 0.5) is 0 Å². The Labute approximate surface area is 94.1 Å². The van der Waals surface area contributed by atoms with Gasteiger partial charge in [0.25, 0.3) is 5.91 Å². The summed E-state index contributed by atoms with van der Waals surface area (Å²) in [6, 6.07) is 0. The van der Waals surface area contributed by atoms with Gasteiger partial charge in [-0.1, -0.05) is 0 Å². The van der Waals surface area contributed by atoms with Gasteiger partial charge < -0.3 is 5.32 Å². The standard InChI is InChI=1S/C10H14ClN3O/c1-6-7(5-12-9(11)13-6)8(15)14-10(2,3)4/h5H,1-4H3,(H,14,15). The molecule has 0 saturated carbocycles. The SMILES string of the molecule is Cc1nc(Cl)ncc1C(=O)NC(C)(C)C. The molecule has 0 fully saturated rings. The van der Waals surface area contributed by atoms with E-state index in [-0.39, 0.29) is 16.7 Å². The van der Waals surface area contributed by atoms with Crippen molar-refractivity contribution < 1.29 is 4.79 Å². The third-order valence-electron chi connectivity index (χ3n) is 1.68. The Morgan fingerprint density at radius 1 is 1.47 bits per heavy atom. The second-order valence-corrected chi connectivity index (χ2v) is 4.68. The van der Waals surface area contributed by atoms with Crippen molar-refractivity contribution in [3.8, 4) is 0 Å². The minimum absolute atomic E-state index is 0.153. The largest absolute Gasteiger partial charge is 0.347 e. The fourth-order valence-corrected chi connectivity index (χ4v) is 1.25. The Morgan fingerprint density at radius 2 is 2.07 bits per heavy atom. The number of hydrogen-bond donors (Lipinski definition) is 1. The van der Waals surface area contributed by atoms with Crippen LogP contribution in [0.1, 0.15) is 36.8 Å². The lowest BCUT2D eigenvalue weighted by Crippen LogP contribution is -2.41. The first-order valence-corrected chi connectivity index (χ1v) is 4.99. The number of halogens is 1. The molecule has 0 radical (unpaired) electrons. The molecule has 1 rings (SSSR count). The molecule has 82 valence electrons. The second kappa shape index (κ2) is 4.14. The summed E-state index contributed by atoms with van der Waals surface area (Å²) in [6.07, 6.45) is 1.44. The Bertz CT molecular complexity index is 385. The Morgan fingerprint density at radius 3 is 2.53 bits per heavy atom. The number of carbonyl (C=O) groups excluding carboxylic acids is 1. The average Bonchev–Trinajstić information content (AvgIpc) is 1.99. The summed E-state index contributed by atoms with van der Waals surface area (Å²) in [4.78, 5) is 19.5. The predicted octanol–water partition coefficient (Wildman–Crippen LogP) is 1.97. The number of hydrogen-bond acceptors (Lipinski definition) is 3. The van der Waals surface area contributed by atoms with Crippen LogP contribution in [0.5, 0.6) is 0 Å². The van der Waals surface area contributed by atoms with E-state index in [4.69, 9.17) is 11.6 Å². The number of aromatic nitrogens is 2. The summed E-state index contributed by atoms with van der Waals surface area (Å²) in [5.74, 6) is -0.184. The highest BCUT2D eigenvalue weighted by Crippen LogP contribution is 2.09. The van der Waals surface area contributed by atoms with E-state index in [1.807, 2.05) is 20.8 Å². The summed E-state index contributed by atoms with van der Waals surface area (Å²) in [7, 11) is 0. The van der Waals surface area contributed by atoms with Crippen LogP contribution >= 0.6 is 11.6 Å². The van der Waals surface area contributed by atoms with Gasteiger partial charge in [0.1, 0.15) is 0 Å². The highest BCUT2D eigenvalue weighted by molar-refractivity contribution is 6.28. The third kappa shape index (κ3) is 3.47. The monoisotopic (exact) mass is 227 g/mol. The summed E-state index contributed by atoms with van der Waals surface area (Å²) >= 11 is 5.60. The van der Waals surface area contributed by atoms with Gasteiger partial charge >= 0.3 is 0 Å². The number of carbonyl (C=O) groups is 1. The fourth-order valence-electron chi connectivity index (χ4n) is 1.07. The molecule has 1 heterocycles. The summed E-state index contributed by atoms with van der Waals surface area (Å²) in [5, 5.41) is 2.99. The topological polar surface area (TPSA) is 54.9 Å². The minimum Gasteiger partial charge on any atom is -0.347 e. The normalized spacial score (nSPS) is 11.3. The summed E-state index contributed by atoms with van der Waals surface area (Å²) in [6.45, 7) is 7.47. The first-order chi connectivity index (χ1) is 6.79. The zero-order chi connectivity index (χ0) is 11.6. The minimum atomic E-state index is -0.275. The molecule has 0 bridgehead atoms. The maximum atomic E-state index is 11.8. The quantitative estimate of drug-likeness (QED) is 0.747. The van der Waals surface area contributed by atoms with Gasteiger partial charge in [-0.15, -0.1) is 0 Å². The molecule has 0 aliphatic heterocycles. The highest BCUT2D eigenvalue weighted by Gasteiger charge is 2.17. The van der Waals surface area contributed by atoms with Gasteiger partial charge in [-0.2, -0.15) is 0 Å². The van der Waals surface area contributed by atoms with E-state index in [0.717, 1.165) is 0 Å². The molecule has 5 heteroatoms. The van der Waals surface area contributed by atoms with Crippen LogP contribution in [0.3, 0.4) is 0 Å². The lowest BCUT2D eigenvalue weighted by molar-refractivity contribution is 0.0918. The van der Waals surface area contributed by atoms with Gasteiger partial charge in [-0.3, -0.25) is 4.79 Å². The Hall–Kier alpha value is -1.16. The summed E-state index contributed by atoms with van der Waals surface area (Å²) in [5.41, 5.74) is 0.759. The van der Waals surface area contributed by atoms with Crippen molar-refractivity contribution in [2.75, 3.05) is 0 Å². The molecular formula is C10H14ClN3O. The molecule has 0 spiro atoms. The van der Waals surface area contributed by atoms with Crippen LogP contribution in [-0.4, -0.2) is 21.4 Å². The number of amides is 1. The molecule has 0 aromatic carbocycles. The average molecular weight is 228 g/mol. The van der Waals surface area contributed by atoms with Crippen LogP contribution in [0.25, 0.3) is 0 Å². The van der Waals surface area contributed by atoms with Gasteiger partial charge in [0, 0.05) is 11.7 Å². The molecular weight excluding hydrogens is 214 g/mol. The molecule has 0 aliphatic carbocycles. The molecule has 0 saturated heterocycles. The van der Waals surface area contributed by atoms with Crippen LogP contribution in [0.2, 0.25) is 5.28 Å². The van der Waals surface area contributed by atoms with Gasteiger partial charge in [0.15, 0.2) is 0 Å². The zero-order valence-corrected chi connectivity index (χ0v) is 10.0. The van der Waals surface area contributed by atoms with Crippen LogP contribution < -0.4 is 5.32 Å². The van der Waals surface area contributed by atoms with Crippen molar-refractivity contribution in [1.29, 1.82) is 0 Å². The number of aryl methyl sites for hydroxylation is 1. The molecule has 15 heavy (non-hydrogen) atoms. The van der Waals surface area contributed by atoms with Gasteiger partial charge in [0.05, 0.1) is 11.3 Å². The first-order valence-electron chi connectivity index (χ1n) is 4.61. The van der Waals surface area contributed by atoms with E-state index in [2.05, 4.69) is 15.3 Å². The van der Waals surface area contributed by atoms with E-state index in [0.29, 0.717) is 11.3 Å². The van der Waals surface area contributed by atoms with Crippen molar-refractivity contribution in [3.05, 3.63) is 22.7 Å². The van der Waals surface area contributed by atoms with Gasteiger partial charge in [0.2, 0.25) is 5.28 Å².